The molecule has 0 N–H and O–H groups in total. The molecule has 0 unspecified atom stereocenters. The standard InChI is InChI=1S/C17H12Cl2N2O2/c1-10-4-5-11-8-12(15(18)21-14(11)7-10)9-23-17(22)13-3-2-6-20-16(13)19/h2-8H,9H2,1H3. The van der Waals surface area contributed by atoms with Crippen LogP contribution in [-0.4, -0.2) is 15.9 Å². The summed E-state index contributed by atoms with van der Waals surface area (Å²) in [7, 11) is 0. The van der Waals surface area contributed by atoms with Crippen LogP contribution in [-0.2, 0) is 11.3 Å². The second-order valence-electron chi connectivity index (χ2n) is 5.05. The van der Waals surface area contributed by atoms with Gasteiger partial charge in [0.25, 0.3) is 0 Å². The predicted octanol–water partition coefficient (Wildman–Crippen LogP) is 4.60. The highest BCUT2D eigenvalue weighted by Crippen LogP contribution is 2.23. The number of ether oxygens (including phenoxy) is 1. The zero-order chi connectivity index (χ0) is 16.4. The number of esters is 1. The van der Waals surface area contributed by atoms with Crippen LogP contribution in [0.25, 0.3) is 10.9 Å². The fraction of sp³-hybridized carbons (Fsp3) is 0.118. The molecule has 3 aromatic rings. The molecule has 0 aliphatic carbocycles. The van der Waals surface area contributed by atoms with Gasteiger partial charge in [-0.05, 0) is 36.8 Å². The van der Waals surface area contributed by atoms with Gasteiger partial charge >= 0.3 is 5.97 Å². The maximum absolute atomic E-state index is 12.0. The van der Waals surface area contributed by atoms with Gasteiger partial charge < -0.3 is 4.74 Å². The van der Waals surface area contributed by atoms with Crippen LogP contribution in [0.3, 0.4) is 0 Å². The lowest BCUT2D eigenvalue weighted by Gasteiger charge is -2.08. The van der Waals surface area contributed by atoms with E-state index < -0.39 is 5.97 Å². The van der Waals surface area contributed by atoms with Gasteiger partial charge in [0.1, 0.15) is 16.9 Å². The molecule has 0 saturated carbocycles. The Labute approximate surface area is 143 Å². The molecular formula is C17H12Cl2N2O2. The van der Waals surface area contributed by atoms with Gasteiger partial charge in [0.15, 0.2) is 0 Å². The Kier molecular flexibility index (Phi) is 4.46. The smallest absolute Gasteiger partial charge is 0.341 e. The van der Waals surface area contributed by atoms with Crippen LogP contribution >= 0.6 is 23.2 Å². The number of nitrogens with zero attached hydrogens (tertiary/aromatic N) is 2. The zero-order valence-electron chi connectivity index (χ0n) is 12.2. The summed E-state index contributed by atoms with van der Waals surface area (Å²) >= 11 is 12.1. The Morgan fingerprint density at radius 1 is 1.17 bits per heavy atom. The first-order valence-electron chi connectivity index (χ1n) is 6.88. The average Bonchev–Trinajstić information content (AvgIpc) is 2.53. The molecule has 0 spiro atoms. The largest absolute Gasteiger partial charge is 0.457 e. The third-order valence-electron chi connectivity index (χ3n) is 3.34. The Hall–Kier alpha value is -2.17. The highest BCUT2D eigenvalue weighted by Gasteiger charge is 2.14. The first-order chi connectivity index (χ1) is 11.0. The van der Waals surface area contributed by atoms with Gasteiger partial charge in [-0.15, -0.1) is 0 Å². The van der Waals surface area contributed by atoms with Gasteiger partial charge in [-0.1, -0.05) is 35.3 Å². The number of aromatic nitrogens is 2. The molecule has 2 heterocycles. The minimum atomic E-state index is -0.553. The molecule has 0 aliphatic rings. The van der Waals surface area contributed by atoms with Gasteiger partial charge in [0.2, 0.25) is 0 Å². The van der Waals surface area contributed by atoms with E-state index in [2.05, 4.69) is 9.97 Å². The summed E-state index contributed by atoms with van der Waals surface area (Å²) < 4.78 is 5.26. The number of rotatable bonds is 3. The number of hydrogen-bond acceptors (Lipinski definition) is 4. The normalized spacial score (nSPS) is 10.7. The zero-order valence-corrected chi connectivity index (χ0v) is 13.7. The maximum atomic E-state index is 12.0. The van der Waals surface area contributed by atoms with Crippen molar-refractivity contribution in [2.45, 2.75) is 13.5 Å². The average molecular weight is 347 g/mol. The van der Waals surface area contributed by atoms with E-state index in [0.717, 1.165) is 16.5 Å². The number of pyridine rings is 2. The van der Waals surface area contributed by atoms with E-state index in [1.807, 2.05) is 31.2 Å². The van der Waals surface area contributed by atoms with E-state index in [-0.39, 0.29) is 17.3 Å². The van der Waals surface area contributed by atoms with Crippen molar-refractivity contribution in [2.75, 3.05) is 0 Å². The molecule has 0 amide bonds. The van der Waals surface area contributed by atoms with Crippen LogP contribution in [0, 0.1) is 6.92 Å². The number of carbonyl (C=O) groups is 1. The second-order valence-corrected chi connectivity index (χ2v) is 5.77. The van der Waals surface area contributed by atoms with Crippen molar-refractivity contribution in [3.63, 3.8) is 0 Å². The maximum Gasteiger partial charge on any atom is 0.341 e. The molecule has 0 atom stereocenters. The lowest BCUT2D eigenvalue weighted by molar-refractivity contribution is 0.0472. The van der Waals surface area contributed by atoms with Gasteiger partial charge in [-0.25, -0.2) is 14.8 Å². The van der Waals surface area contributed by atoms with Crippen molar-refractivity contribution < 1.29 is 9.53 Å². The summed E-state index contributed by atoms with van der Waals surface area (Å²) in [5.74, 6) is -0.553. The minimum Gasteiger partial charge on any atom is -0.457 e. The van der Waals surface area contributed by atoms with Gasteiger partial charge in [-0.3, -0.25) is 0 Å². The molecule has 6 heteroatoms. The number of halogens is 2. The molecule has 0 radical (unpaired) electrons. The summed E-state index contributed by atoms with van der Waals surface area (Å²) in [4.78, 5) is 20.2. The van der Waals surface area contributed by atoms with E-state index in [1.165, 1.54) is 6.20 Å². The molecule has 116 valence electrons. The van der Waals surface area contributed by atoms with E-state index >= 15 is 0 Å². The van der Waals surface area contributed by atoms with E-state index in [0.29, 0.717) is 10.7 Å². The summed E-state index contributed by atoms with van der Waals surface area (Å²) in [6.07, 6.45) is 1.51. The molecule has 1 aromatic carbocycles. The summed E-state index contributed by atoms with van der Waals surface area (Å²) in [6, 6.07) is 10.9. The van der Waals surface area contributed by atoms with Crippen LogP contribution in [0.2, 0.25) is 10.3 Å². The molecular weight excluding hydrogens is 335 g/mol. The lowest BCUT2D eigenvalue weighted by atomic mass is 10.1. The molecule has 2 aromatic heterocycles. The molecule has 3 rings (SSSR count). The van der Waals surface area contributed by atoms with E-state index in [9.17, 15) is 4.79 Å². The molecule has 23 heavy (non-hydrogen) atoms. The molecule has 0 aliphatic heterocycles. The number of carbonyl (C=O) groups excluding carboxylic acids is 1. The monoisotopic (exact) mass is 346 g/mol. The molecule has 0 bridgehead atoms. The number of benzene rings is 1. The van der Waals surface area contributed by atoms with Crippen molar-refractivity contribution in [3.8, 4) is 0 Å². The van der Waals surface area contributed by atoms with Gasteiger partial charge in [-0.2, -0.15) is 0 Å². The van der Waals surface area contributed by atoms with Crippen molar-refractivity contribution in [1.82, 2.24) is 9.97 Å². The Morgan fingerprint density at radius 3 is 2.78 bits per heavy atom. The van der Waals surface area contributed by atoms with Crippen LogP contribution in [0.4, 0.5) is 0 Å². The molecule has 0 saturated heterocycles. The van der Waals surface area contributed by atoms with E-state index in [4.69, 9.17) is 27.9 Å². The van der Waals surface area contributed by atoms with Gasteiger partial charge in [0, 0.05) is 17.1 Å². The fourth-order valence-electron chi connectivity index (χ4n) is 2.16. The quantitative estimate of drug-likeness (QED) is 0.513. The summed E-state index contributed by atoms with van der Waals surface area (Å²) in [5.41, 5.74) is 2.76. The topological polar surface area (TPSA) is 52.1 Å². The first-order valence-corrected chi connectivity index (χ1v) is 7.63. The predicted molar refractivity (Wildman–Crippen MR) is 89.9 cm³/mol. The first kappa shape index (κ1) is 15.7. The van der Waals surface area contributed by atoms with Crippen molar-refractivity contribution >= 4 is 40.1 Å². The van der Waals surface area contributed by atoms with Crippen molar-refractivity contribution in [2.24, 2.45) is 0 Å². The third-order valence-corrected chi connectivity index (χ3v) is 3.97. The fourth-order valence-corrected chi connectivity index (χ4v) is 2.55. The third kappa shape index (κ3) is 3.44. The highest BCUT2D eigenvalue weighted by atomic mass is 35.5. The van der Waals surface area contributed by atoms with E-state index in [1.54, 1.807) is 12.1 Å². The highest BCUT2D eigenvalue weighted by molar-refractivity contribution is 6.32. The van der Waals surface area contributed by atoms with Crippen LogP contribution in [0.15, 0.2) is 42.6 Å². The van der Waals surface area contributed by atoms with Gasteiger partial charge in [0.05, 0.1) is 11.1 Å². The molecule has 0 fully saturated rings. The summed E-state index contributed by atoms with van der Waals surface area (Å²) in [5, 5.41) is 1.36. The lowest BCUT2D eigenvalue weighted by Crippen LogP contribution is -2.07. The number of hydrogen-bond donors (Lipinski definition) is 0. The number of fused-ring (bicyclic) bond motifs is 1. The van der Waals surface area contributed by atoms with Crippen molar-refractivity contribution in [1.29, 1.82) is 0 Å². The van der Waals surface area contributed by atoms with Crippen LogP contribution < -0.4 is 0 Å². The Bertz CT molecular complexity index is 897. The summed E-state index contributed by atoms with van der Waals surface area (Å²) in [6.45, 7) is 2.00. The van der Waals surface area contributed by atoms with Crippen molar-refractivity contribution in [3.05, 3.63) is 69.6 Å². The second kappa shape index (κ2) is 6.52. The Balaban J connectivity index is 1.82. The Morgan fingerprint density at radius 2 is 2.00 bits per heavy atom. The molecule has 4 nitrogen and oxygen atoms in total. The van der Waals surface area contributed by atoms with Crippen LogP contribution in [0.1, 0.15) is 21.5 Å². The number of aryl methyl sites for hydroxylation is 1. The minimum absolute atomic E-state index is 0.0136. The van der Waals surface area contributed by atoms with Crippen LogP contribution in [0.5, 0.6) is 0 Å². The SMILES string of the molecule is Cc1ccc2cc(COC(=O)c3cccnc3Cl)c(Cl)nc2c1.